The van der Waals surface area contributed by atoms with Crippen molar-refractivity contribution in [2.24, 2.45) is 0 Å². The van der Waals surface area contributed by atoms with E-state index in [0.717, 1.165) is 25.9 Å². The van der Waals surface area contributed by atoms with Gasteiger partial charge in [-0.3, -0.25) is 10.1 Å². The van der Waals surface area contributed by atoms with Crippen molar-refractivity contribution in [1.29, 1.82) is 0 Å². The highest BCUT2D eigenvalue weighted by molar-refractivity contribution is 6.28. The van der Waals surface area contributed by atoms with E-state index in [-0.39, 0.29) is 18.0 Å². The van der Waals surface area contributed by atoms with Crippen LogP contribution >= 0.6 is 11.6 Å². The lowest BCUT2D eigenvalue weighted by atomic mass is 10.0. The Labute approximate surface area is 101 Å². The van der Waals surface area contributed by atoms with Gasteiger partial charge in [-0.25, -0.2) is 4.79 Å². The largest absolute Gasteiger partial charge is 0.324 e. The van der Waals surface area contributed by atoms with Gasteiger partial charge in [0.05, 0.1) is 0 Å². The number of imide groups is 1. The molecule has 0 unspecified atom stereocenters. The fourth-order valence-corrected chi connectivity index (χ4v) is 1.86. The maximum absolute atomic E-state index is 11.6. The molecule has 1 heterocycles. The van der Waals surface area contributed by atoms with Crippen LogP contribution in [0.2, 0.25) is 0 Å². The van der Waals surface area contributed by atoms with Crippen LogP contribution in [0, 0.1) is 0 Å². The highest BCUT2D eigenvalue weighted by atomic mass is 35.5. The third-order valence-corrected chi connectivity index (χ3v) is 3.17. The van der Waals surface area contributed by atoms with Crippen LogP contribution in [0.3, 0.4) is 0 Å². The second-order valence-electron chi connectivity index (χ2n) is 4.13. The van der Waals surface area contributed by atoms with E-state index in [4.69, 9.17) is 11.6 Å². The minimum atomic E-state index is -0.452. The van der Waals surface area contributed by atoms with Gasteiger partial charge < -0.3 is 9.80 Å². The molecular weight excluding hydrogens is 230 g/mol. The molecule has 1 fully saturated rings. The number of carbonyl (C=O) groups excluding carboxylic acids is 2. The smallest absolute Gasteiger partial charge is 0.324 e. The average molecular weight is 248 g/mol. The summed E-state index contributed by atoms with van der Waals surface area (Å²) in [7, 11) is 3.78. The van der Waals surface area contributed by atoms with Gasteiger partial charge in [-0.2, -0.15) is 0 Å². The third-order valence-electron chi connectivity index (χ3n) is 2.92. The molecule has 5 nitrogen and oxygen atoms in total. The van der Waals surface area contributed by atoms with E-state index in [0.29, 0.717) is 0 Å². The molecular formula is C10H18ClN3O2. The summed E-state index contributed by atoms with van der Waals surface area (Å²) in [5, 5.41) is 2.24. The molecule has 1 saturated heterocycles. The zero-order valence-corrected chi connectivity index (χ0v) is 10.5. The lowest BCUT2D eigenvalue weighted by Gasteiger charge is -2.34. The molecule has 0 bridgehead atoms. The van der Waals surface area contributed by atoms with Crippen molar-refractivity contribution in [3.05, 3.63) is 0 Å². The van der Waals surface area contributed by atoms with Crippen molar-refractivity contribution in [1.82, 2.24) is 15.1 Å². The van der Waals surface area contributed by atoms with E-state index in [1.807, 2.05) is 0 Å². The molecule has 0 aliphatic carbocycles. The van der Waals surface area contributed by atoms with E-state index in [1.54, 1.807) is 11.9 Å². The van der Waals surface area contributed by atoms with Crippen LogP contribution in [0.5, 0.6) is 0 Å². The van der Waals surface area contributed by atoms with Gasteiger partial charge in [0, 0.05) is 13.1 Å². The second kappa shape index (κ2) is 6.06. The van der Waals surface area contributed by atoms with Crippen molar-refractivity contribution in [2.75, 3.05) is 33.1 Å². The van der Waals surface area contributed by atoms with Crippen LogP contribution in [0.4, 0.5) is 4.79 Å². The van der Waals surface area contributed by atoms with E-state index in [2.05, 4.69) is 17.3 Å². The van der Waals surface area contributed by atoms with Crippen LogP contribution in [0.15, 0.2) is 0 Å². The normalized spacial score (nSPS) is 18.2. The van der Waals surface area contributed by atoms with Gasteiger partial charge in [0.25, 0.3) is 0 Å². The quantitative estimate of drug-likeness (QED) is 0.723. The third kappa shape index (κ3) is 3.64. The number of carbonyl (C=O) groups is 2. The van der Waals surface area contributed by atoms with Crippen LogP contribution in [0.1, 0.15) is 12.8 Å². The molecule has 0 radical (unpaired) electrons. The second-order valence-corrected chi connectivity index (χ2v) is 4.40. The molecule has 0 aromatic carbocycles. The maximum Gasteiger partial charge on any atom is 0.324 e. The van der Waals surface area contributed by atoms with Crippen molar-refractivity contribution in [3.8, 4) is 0 Å². The Morgan fingerprint density at radius 3 is 2.50 bits per heavy atom. The van der Waals surface area contributed by atoms with Crippen LogP contribution < -0.4 is 5.32 Å². The molecule has 1 aliphatic heterocycles. The number of rotatable bonds is 2. The molecule has 1 N–H and O–H groups in total. The molecule has 0 spiro atoms. The van der Waals surface area contributed by atoms with Crippen LogP contribution in [-0.4, -0.2) is 60.8 Å². The first-order valence-corrected chi connectivity index (χ1v) is 5.89. The summed E-state index contributed by atoms with van der Waals surface area (Å²) in [5.41, 5.74) is 0. The molecule has 1 aliphatic rings. The molecule has 0 aromatic heterocycles. The number of halogens is 1. The Hall–Kier alpha value is -0.810. The number of urea groups is 1. The fourth-order valence-electron chi connectivity index (χ4n) is 1.79. The molecule has 0 aromatic rings. The molecule has 1 rings (SSSR count). The van der Waals surface area contributed by atoms with Crippen molar-refractivity contribution in [3.63, 3.8) is 0 Å². The van der Waals surface area contributed by atoms with Gasteiger partial charge >= 0.3 is 6.03 Å². The number of piperidine rings is 1. The van der Waals surface area contributed by atoms with Crippen LogP contribution in [0.25, 0.3) is 0 Å². The first kappa shape index (κ1) is 13.3. The molecule has 92 valence electrons. The van der Waals surface area contributed by atoms with Crippen molar-refractivity contribution in [2.45, 2.75) is 18.9 Å². The Balaban J connectivity index is 2.41. The monoisotopic (exact) mass is 247 g/mol. The first-order chi connectivity index (χ1) is 7.54. The van der Waals surface area contributed by atoms with Crippen molar-refractivity contribution < 1.29 is 9.59 Å². The number of nitrogens with one attached hydrogen (secondary N) is 1. The minimum absolute atomic E-state index is 0.188. The highest BCUT2D eigenvalue weighted by Crippen LogP contribution is 2.13. The molecule has 0 saturated carbocycles. The van der Waals surface area contributed by atoms with Gasteiger partial charge in [0.1, 0.15) is 5.88 Å². The van der Waals surface area contributed by atoms with Crippen LogP contribution in [-0.2, 0) is 4.79 Å². The summed E-state index contributed by atoms with van der Waals surface area (Å²) >= 11 is 5.32. The van der Waals surface area contributed by atoms with E-state index >= 15 is 0 Å². The Bertz CT molecular complexity index is 265. The summed E-state index contributed by atoms with van der Waals surface area (Å²) in [5.74, 6) is -0.640. The Morgan fingerprint density at radius 1 is 1.44 bits per heavy atom. The summed E-state index contributed by atoms with van der Waals surface area (Å²) in [4.78, 5) is 26.4. The maximum atomic E-state index is 11.6. The predicted octanol–water partition coefficient (Wildman–Crippen LogP) is 0.487. The lowest BCUT2D eigenvalue weighted by Crippen LogP contribution is -2.49. The predicted molar refractivity (Wildman–Crippen MR) is 62.5 cm³/mol. The molecule has 3 amide bonds. The fraction of sp³-hybridized carbons (Fsp3) is 0.800. The molecule has 0 atom stereocenters. The summed E-state index contributed by atoms with van der Waals surface area (Å²) in [6.45, 7) is 1.96. The number of alkyl halides is 1. The molecule has 16 heavy (non-hydrogen) atoms. The highest BCUT2D eigenvalue weighted by Gasteiger charge is 2.24. The van der Waals surface area contributed by atoms with Gasteiger partial charge in [-0.1, -0.05) is 0 Å². The zero-order chi connectivity index (χ0) is 12.1. The Morgan fingerprint density at radius 2 is 2.00 bits per heavy atom. The van der Waals surface area contributed by atoms with Gasteiger partial charge in [0.15, 0.2) is 0 Å². The Kier molecular flexibility index (Phi) is 5.02. The summed E-state index contributed by atoms with van der Waals surface area (Å²) in [6, 6.07) is -0.153. The zero-order valence-electron chi connectivity index (χ0n) is 9.70. The number of hydrogen-bond donors (Lipinski definition) is 1. The number of hydrogen-bond acceptors (Lipinski definition) is 3. The first-order valence-electron chi connectivity index (χ1n) is 5.35. The number of nitrogens with zero attached hydrogens (tertiary/aromatic N) is 2. The minimum Gasteiger partial charge on any atom is -0.324 e. The van der Waals surface area contributed by atoms with Gasteiger partial charge in [0.2, 0.25) is 5.91 Å². The lowest BCUT2D eigenvalue weighted by molar-refractivity contribution is -0.117. The van der Waals surface area contributed by atoms with Gasteiger partial charge in [-0.05, 0) is 33.0 Å². The average Bonchev–Trinajstić information content (AvgIpc) is 2.28. The SMILES string of the molecule is CN1CCC(N(C)C(=O)NC(=O)CCl)CC1. The number of amides is 3. The summed E-state index contributed by atoms with van der Waals surface area (Å²) in [6.07, 6.45) is 1.88. The van der Waals surface area contributed by atoms with Gasteiger partial charge in [-0.15, -0.1) is 11.6 Å². The molecule has 6 heteroatoms. The standard InChI is InChI=1S/C10H18ClN3O2/c1-13-5-3-8(4-6-13)14(2)10(16)12-9(15)7-11/h8H,3-7H2,1-2H3,(H,12,15,16). The van der Waals surface area contributed by atoms with E-state index in [1.165, 1.54) is 0 Å². The summed E-state index contributed by atoms with van der Waals surface area (Å²) < 4.78 is 0. The van der Waals surface area contributed by atoms with E-state index in [9.17, 15) is 9.59 Å². The van der Waals surface area contributed by atoms with Crippen molar-refractivity contribution >= 4 is 23.5 Å². The topological polar surface area (TPSA) is 52.6 Å². The number of likely N-dealkylation sites (tertiary alicyclic amines) is 1. The van der Waals surface area contributed by atoms with E-state index < -0.39 is 5.91 Å².